The molecular weight excluding hydrogens is 195 g/mol. The molecule has 0 amide bonds. The van der Waals surface area contributed by atoms with Crippen molar-refractivity contribution in [1.82, 2.24) is 14.2 Å². The Balaban J connectivity index is 2.22. The second-order valence-electron chi connectivity index (χ2n) is 4.51. The molecule has 1 aromatic rings. The van der Waals surface area contributed by atoms with Crippen LogP contribution in [-0.4, -0.2) is 57.4 Å². The van der Waals surface area contributed by atoms with Gasteiger partial charge in [0.05, 0.1) is 0 Å². The van der Waals surface area contributed by atoms with E-state index in [1.54, 1.807) is 0 Å². The minimum Gasteiger partial charge on any atom is -0.367 e. The predicted octanol–water partition coefficient (Wildman–Crippen LogP) is -0.432. The molecule has 3 nitrogen and oxygen atoms in total. The maximum absolute atomic E-state index is 2.21. The van der Waals surface area contributed by atoms with Gasteiger partial charge in [-0.3, -0.25) is 0 Å². The first-order valence-corrected chi connectivity index (χ1v) is 5.50. The fourth-order valence-electron chi connectivity index (χ4n) is 2.23. The highest BCUT2D eigenvalue weighted by molar-refractivity contribution is 6.82. The lowest BCUT2D eigenvalue weighted by Crippen LogP contribution is -2.68. The molecule has 1 aromatic carbocycles. The molecule has 2 rings (SSSR count). The Hall–Kier alpha value is -0.705. The molecule has 0 unspecified atom stereocenters. The van der Waals surface area contributed by atoms with Crippen molar-refractivity contribution in [3.05, 3.63) is 29.8 Å². The van der Waals surface area contributed by atoms with Crippen LogP contribution in [0.25, 0.3) is 0 Å². The SMILES string of the molecule is Cc1ccc(B2N(C)[B]N(C)[B]N2C)cc1. The molecule has 1 aliphatic rings. The molecule has 6 heteroatoms. The van der Waals surface area contributed by atoms with Crippen molar-refractivity contribution in [2.24, 2.45) is 0 Å². The second kappa shape index (κ2) is 4.66. The van der Waals surface area contributed by atoms with E-state index >= 15 is 0 Å². The Labute approximate surface area is 100 Å². The summed E-state index contributed by atoms with van der Waals surface area (Å²) in [6, 6.07) is 8.71. The lowest BCUT2D eigenvalue weighted by molar-refractivity contribution is 0.586. The van der Waals surface area contributed by atoms with Gasteiger partial charge in [0.15, 0.2) is 0 Å². The minimum atomic E-state index is 0.289. The number of rotatable bonds is 1. The number of hydrogen-bond donors (Lipinski definition) is 0. The van der Waals surface area contributed by atoms with Gasteiger partial charge in [-0.1, -0.05) is 29.8 Å². The fourth-order valence-corrected chi connectivity index (χ4v) is 2.23. The molecule has 1 saturated heterocycles. The van der Waals surface area contributed by atoms with Crippen molar-refractivity contribution < 1.29 is 0 Å². The van der Waals surface area contributed by atoms with Gasteiger partial charge in [-0.2, -0.15) is 0 Å². The molecular formula is C10H16B3N3. The first kappa shape index (κ1) is 11.8. The van der Waals surface area contributed by atoms with Crippen molar-refractivity contribution >= 4 is 27.5 Å². The molecule has 0 spiro atoms. The zero-order chi connectivity index (χ0) is 11.7. The largest absolute Gasteiger partial charge is 0.367 e. The second-order valence-corrected chi connectivity index (χ2v) is 4.51. The van der Waals surface area contributed by atoms with E-state index in [9.17, 15) is 0 Å². The van der Waals surface area contributed by atoms with Crippen molar-refractivity contribution in [2.45, 2.75) is 6.92 Å². The van der Waals surface area contributed by atoms with E-state index in [2.05, 4.69) is 74.5 Å². The van der Waals surface area contributed by atoms with Crippen LogP contribution in [-0.2, 0) is 0 Å². The molecule has 1 fully saturated rings. The van der Waals surface area contributed by atoms with Gasteiger partial charge in [0.25, 0.3) is 15.1 Å². The molecule has 80 valence electrons. The normalized spacial score (nSPS) is 19.4. The maximum atomic E-state index is 2.21. The summed E-state index contributed by atoms with van der Waals surface area (Å²) in [4.78, 5) is 0. The number of nitrogens with zero attached hydrogens (tertiary/aromatic N) is 3. The summed E-state index contributed by atoms with van der Waals surface area (Å²) in [6.07, 6.45) is 0. The summed E-state index contributed by atoms with van der Waals surface area (Å²) >= 11 is 0. The molecule has 1 aliphatic heterocycles. The van der Waals surface area contributed by atoms with Gasteiger partial charge in [-0.25, -0.2) is 0 Å². The highest BCUT2D eigenvalue weighted by Gasteiger charge is 2.34. The highest BCUT2D eigenvalue weighted by Crippen LogP contribution is 2.04. The van der Waals surface area contributed by atoms with Crippen LogP contribution in [0.2, 0.25) is 0 Å². The van der Waals surface area contributed by atoms with Crippen LogP contribution in [0.15, 0.2) is 24.3 Å². The van der Waals surface area contributed by atoms with Crippen LogP contribution in [0.5, 0.6) is 0 Å². The molecule has 16 heavy (non-hydrogen) atoms. The minimum absolute atomic E-state index is 0.289. The Kier molecular flexibility index (Phi) is 3.43. The predicted molar refractivity (Wildman–Crippen MR) is 71.4 cm³/mol. The van der Waals surface area contributed by atoms with E-state index < -0.39 is 0 Å². The summed E-state index contributed by atoms with van der Waals surface area (Å²) < 4.78 is 6.49. The van der Waals surface area contributed by atoms with Crippen molar-refractivity contribution in [1.29, 1.82) is 0 Å². The standard InChI is InChI=1S/C10H16B3N3/c1-9-5-7-10(8-6-9)13-15(3)11-14(2)12-16(13)4/h5-8H,1-4H3. The van der Waals surface area contributed by atoms with Crippen LogP contribution in [0, 0.1) is 6.92 Å². The van der Waals surface area contributed by atoms with E-state index in [-0.39, 0.29) is 6.98 Å². The summed E-state index contributed by atoms with van der Waals surface area (Å²) in [7, 11) is 10.4. The van der Waals surface area contributed by atoms with Gasteiger partial charge in [-0.15, -0.1) is 0 Å². The zero-order valence-corrected chi connectivity index (χ0v) is 10.4. The van der Waals surface area contributed by atoms with E-state index in [4.69, 9.17) is 0 Å². The molecule has 0 N–H and O–H groups in total. The third-order valence-electron chi connectivity index (χ3n) is 2.88. The van der Waals surface area contributed by atoms with Crippen LogP contribution in [0.4, 0.5) is 0 Å². The van der Waals surface area contributed by atoms with E-state index in [0.29, 0.717) is 0 Å². The third-order valence-corrected chi connectivity index (χ3v) is 2.88. The molecule has 2 radical (unpaired) electrons. The number of aryl methyl sites for hydroxylation is 1. The average molecular weight is 211 g/mol. The number of benzene rings is 1. The van der Waals surface area contributed by atoms with Gasteiger partial charge in [0.1, 0.15) is 0 Å². The monoisotopic (exact) mass is 211 g/mol. The van der Waals surface area contributed by atoms with Crippen LogP contribution >= 0.6 is 0 Å². The Morgan fingerprint density at radius 1 is 0.938 bits per heavy atom. The Bertz CT molecular complexity index is 345. The summed E-state index contributed by atoms with van der Waals surface area (Å²) in [6.45, 7) is 2.40. The summed E-state index contributed by atoms with van der Waals surface area (Å²) in [5, 5.41) is 0. The van der Waals surface area contributed by atoms with E-state index in [0.717, 1.165) is 0 Å². The maximum Gasteiger partial charge on any atom is 0.324 e. The molecule has 1 heterocycles. The van der Waals surface area contributed by atoms with Crippen molar-refractivity contribution in [2.75, 3.05) is 21.1 Å². The topological polar surface area (TPSA) is 9.72 Å². The van der Waals surface area contributed by atoms with Crippen LogP contribution in [0.3, 0.4) is 0 Å². The van der Waals surface area contributed by atoms with Crippen LogP contribution in [0.1, 0.15) is 5.56 Å². The molecule has 0 atom stereocenters. The third kappa shape index (κ3) is 2.34. The lowest BCUT2D eigenvalue weighted by atomic mass is 9.55. The van der Waals surface area contributed by atoms with Gasteiger partial charge in [0.2, 0.25) is 0 Å². The molecule has 0 saturated carbocycles. The van der Waals surface area contributed by atoms with Crippen molar-refractivity contribution in [3.63, 3.8) is 0 Å². The molecule has 0 bridgehead atoms. The summed E-state index contributed by atoms with van der Waals surface area (Å²) in [5.74, 6) is 0. The summed E-state index contributed by atoms with van der Waals surface area (Å²) in [5.41, 5.74) is 2.62. The zero-order valence-electron chi connectivity index (χ0n) is 10.4. The van der Waals surface area contributed by atoms with Crippen molar-refractivity contribution in [3.8, 4) is 0 Å². The van der Waals surface area contributed by atoms with Gasteiger partial charge in [-0.05, 0) is 33.5 Å². The highest BCUT2D eigenvalue weighted by atomic mass is 15.3. The Morgan fingerprint density at radius 2 is 1.44 bits per heavy atom. The molecule has 0 aliphatic carbocycles. The van der Waals surface area contributed by atoms with Gasteiger partial charge >= 0.3 is 6.98 Å². The first-order valence-electron chi connectivity index (χ1n) is 5.50. The van der Waals surface area contributed by atoms with Gasteiger partial charge in [0, 0.05) is 0 Å². The number of hydrogen-bond acceptors (Lipinski definition) is 3. The first-order chi connectivity index (χ1) is 7.58. The lowest BCUT2D eigenvalue weighted by Gasteiger charge is -2.40. The average Bonchev–Trinajstić information content (AvgIpc) is 2.19. The van der Waals surface area contributed by atoms with Crippen LogP contribution < -0.4 is 5.46 Å². The smallest absolute Gasteiger partial charge is 0.324 e. The fraction of sp³-hybridized carbons (Fsp3) is 0.400. The Morgan fingerprint density at radius 3 is 1.94 bits per heavy atom. The molecule has 0 aromatic heterocycles. The van der Waals surface area contributed by atoms with Gasteiger partial charge < -0.3 is 14.2 Å². The van der Waals surface area contributed by atoms with E-state index in [1.807, 2.05) is 7.05 Å². The van der Waals surface area contributed by atoms with E-state index in [1.165, 1.54) is 11.0 Å². The quantitative estimate of drug-likeness (QED) is 0.583.